The Kier molecular flexibility index (Phi) is 5.25. The summed E-state index contributed by atoms with van der Waals surface area (Å²) < 4.78 is 5.33. The average molecular weight is 291 g/mol. The van der Waals surface area contributed by atoms with Crippen LogP contribution in [0.4, 0.5) is 0 Å². The van der Waals surface area contributed by atoms with E-state index in [0.29, 0.717) is 6.54 Å². The summed E-state index contributed by atoms with van der Waals surface area (Å²) >= 11 is 0. The average Bonchev–Trinajstić information content (AvgIpc) is 2.46. The van der Waals surface area contributed by atoms with Crippen LogP contribution < -0.4 is 10.5 Å². The molecule has 2 N–H and O–H groups in total. The van der Waals surface area contributed by atoms with Gasteiger partial charge in [0, 0.05) is 50.4 Å². The first-order valence-corrected chi connectivity index (χ1v) is 7.77. The molecule has 1 aromatic carbocycles. The highest BCUT2D eigenvalue weighted by Gasteiger charge is 2.25. The van der Waals surface area contributed by atoms with Crippen LogP contribution in [0, 0.1) is 0 Å². The molecule has 0 saturated carbocycles. The number of rotatable bonds is 4. The van der Waals surface area contributed by atoms with Crippen LogP contribution in [0.3, 0.4) is 0 Å². The summed E-state index contributed by atoms with van der Waals surface area (Å²) in [6.45, 7) is 12.9. The minimum Gasteiger partial charge on any atom is -0.496 e. The molecule has 0 atom stereocenters. The van der Waals surface area contributed by atoms with Crippen LogP contribution in [-0.2, 0) is 13.1 Å². The number of hydrogen-bond acceptors (Lipinski definition) is 4. The third kappa shape index (κ3) is 4.19. The smallest absolute Gasteiger partial charge is 0.123 e. The highest BCUT2D eigenvalue weighted by molar-refractivity contribution is 5.37. The van der Waals surface area contributed by atoms with Crippen molar-refractivity contribution in [3.8, 4) is 5.75 Å². The zero-order chi connectivity index (χ0) is 15.5. The second-order valence-corrected chi connectivity index (χ2v) is 6.78. The molecular weight excluding hydrogens is 262 g/mol. The maximum Gasteiger partial charge on any atom is 0.123 e. The molecule has 1 aromatic rings. The van der Waals surface area contributed by atoms with E-state index in [1.165, 1.54) is 5.56 Å². The quantitative estimate of drug-likeness (QED) is 0.922. The molecule has 1 saturated heterocycles. The van der Waals surface area contributed by atoms with Gasteiger partial charge < -0.3 is 10.5 Å². The molecule has 1 fully saturated rings. The van der Waals surface area contributed by atoms with E-state index >= 15 is 0 Å². The van der Waals surface area contributed by atoms with Crippen molar-refractivity contribution in [1.82, 2.24) is 9.80 Å². The molecule has 4 heteroatoms. The first kappa shape index (κ1) is 16.3. The van der Waals surface area contributed by atoms with Gasteiger partial charge in [0.05, 0.1) is 7.11 Å². The monoisotopic (exact) mass is 291 g/mol. The van der Waals surface area contributed by atoms with E-state index < -0.39 is 0 Å². The molecule has 0 spiro atoms. The summed E-state index contributed by atoms with van der Waals surface area (Å²) in [6.07, 6.45) is 0. The van der Waals surface area contributed by atoms with Crippen molar-refractivity contribution >= 4 is 0 Å². The van der Waals surface area contributed by atoms with Crippen molar-refractivity contribution in [2.24, 2.45) is 5.73 Å². The summed E-state index contributed by atoms with van der Waals surface area (Å²) in [4.78, 5) is 5.08. The first-order chi connectivity index (χ1) is 9.94. The highest BCUT2D eigenvalue weighted by Crippen LogP contribution is 2.21. The summed E-state index contributed by atoms with van der Waals surface area (Å²) in [5.41, 5.74) is 8.48. The summed E-state index contributed by atoms with van der Waals surface area (Å²) in [5, 5.41) is 0. The largest absolute Gasteiger partial charge is 0.496 e. The van der Waals surface area contributed by atoms with Gasteiger partial charge in [-0.2, -0.15) is 0 Å². The van der Waals surface area contributed by atoms with E-state index in [1.807, 2.05) is 6.07 Å². The maximum atomic E-state index is 5.79. The normalized spacial score (nSPS) is 18.0. The standard InChI is InChI=1S/C17H29N3O/c1-17(2,3)20-9-7-19(8-10-20)13-14-5-6-16(21-4)15(11-14)12-18/h5-6,11H,7-10,12-13,18H2,1-4H3. The minimum absolute atomic E-state index is 0.277. The van der Waals surface area contributed by atoms with Gasteiger partial charge in [0.25, 0.3) is 0 Å². The van der Waals surface area contributed by atoms with Crippen molar-refractivity contribution in [2.45, 2.75) is 39.4 Å². The Bertz CT molecular complexity index is 460. The molecule has 118 valence electrons. The van der Waals surface area contributed by atoms with Crippen LogP contribution in [0.5, 0.6) is 5.75 Å². The molecule has 1 heterocycles. The SMILES string of the molecule is COc1ccc(CN2CCN(C(C)(C)C)CC2)cc1CN. The van der Waals surface area contributed by atoms with Gasteiger partial charge >= 0.3 is 0 Å². The molecule has 2 rings (SSSR count). The zero-order valence-corrected chi connectivity index (χ0v) is 13.9. The van der Waals surface area contributed by atoms with Crippen molar-refractivity contribution in [1.29, 1.82) is 0 Å². The number of nitrogens with two attached hydrogens (primary N) is 1. The van der Waals surface area contributed by atoms with Crippen molar-refractivity contribution in [2.75, 3.05) is 33.3 Å². The van der Waals surface area contributed by atoms with Gasteiger partial charge in [-0.05, 0) is 38.5 Å². The molecule has 0 aromatic heterocycles. The third-order valence-electron chi connectivity index (χ3n) is 4.29. The van der Waals surface area contributed by atoms with Crippen LogP contribution in [0.15, 0.2) is 18.2 Å². The van der Waals surface area contributed by atoms with Gasteiger partial charge in [0.2, 0.25) is 0 Å². The lowest BCUT2D eigenvalue weighted by atomic mass is 10.0. The van der Waals surface area contributed by atoms with E-state index in [9.17, 15) is 0 Å². The predicted molar refractivity (Wildman–Crippen MR) is 87.5 cm³/mol. The molecule has 0 bridgehead atoms. The third-order valence-corrected chi connectivity index (χ3v) is 4.29. The first-order valence-electron chi connectivity index (χ1n) is 7.77. The molecule has 0 unspecified atom stereocenters. The Labute approximate surface area is 128 Å². The van der Waals surface area contributed by atoms with Gasteiger partial charge in [-0.15, -0.1) is 0 Å². The molecule has 1 aliphatic heterocycles. The van der Waals surface area contributed by atoms with Crippen LogP contribution in [0.1, 0.15) is 31.9 Å². The Morgan fingerprint density at radius 2 is 1.81 bits per heavy atom. The second-order valence-electron chi connectivity index (χ2n) is 6.78. The second kappa shape index (κ2) is 6.77. The molecule has 1 aliphatic rings. The predicted octanol–water partition coefficient (Wildman–Crippen LogP) is 2.07. The van der Waals surface area contributed by atoms with Crippen molar-refractivity contribution in [3.05, 3.63) is 29.3 Å². The summed E-state index contributed by atoms with van der Waals surface area (Å²) in [7, 11) is 1.69. The Hall–Kier alpha value is -1.10. The van der Waals surface area contributed by atoms with E-state index in [1.54, 1.807) is 7.11 Å². The fourth-order valence-electron chi connectivity index (χ4n) is 2.92. The van der Waals surface area contributed by atoms with Crippen molar-refractivity contribution in [3.63, 3.8) is 0 Å². The molecule has 0 amide bonds. The zero-order valence-electron chi connectivity index (χ0n) is 13.9. The number of ether oxygens (including phenoxy) is 1. The van der Waals surface area contributed by atoms with E-state index in [0.717, 1.165) is 44.0 Å². The fraction of sp³-hybridized carbons (Fsp3) is 0.647. The fourth-order valence-corrected chi connectivity index (χ4v) is 2.92. The van der Waals surface area contributed by atoms with E-state index in [4.69, 9.17) is 10.5 Å². The molecule has 21 heavy (non-hydrogen) atoms. The number of methoxy groups -OCH3 is 1. The maximum absolute atomic E-state index is 5.79. The van der Waals surface area contributed by atoms with Gasteiger partial charge in [-0.3, -0.25) is 9.80 Å². The van der Waals surface area contributed by atoms with Gasteiger partial charge in [-0.1, -0.05) is 6.07 Å². The number of nitrogens with zero attached hydrogens (tertiary/aromatic N) is 2. The van der Waals surface area contributed by atoms with Gasteiger partial charge in [-0.25, -0.2) is 0 Å². The van der Waals surface area contributed by atoms with E-state index in [2.05, 4.69) is 42.7 Å². The lowest BCUT2D eigenvalue weighted by molar-refractivity contribution is 0.0591. The lowest BCUT2D eigenvalue weighted by Gasteiger charge is -2.42. The molecule has 4 nitrogen and oxygen atoms in total. The number of hydrogen-bond donors (Lipinski definition) is 1. The Morgan fingerprint density at radius 1 is 1.14 bits per heavy atom. The minimum atomic E-state index is 0.277. The van der Waals surface area contributed by atoms with Crippen molar-refractivity contribution < 1.29 is 4.74 Å². The van der Waals surface area contributed by atoms with Crippen LogP contribution in [0.25, 0.3) is 0 Å². The molecule has 0 radical (unpaired) electrons. The Morgan fingerprint density at radius 3 is 2.33 bits per heavy atom. The topological polar surface area (TPSA) is 41.7 Å². The highest BCUT2D eigenvalue weighted by atomic mass is 16.5. The van der Waals surface area contributed by atoms with Crippen LogP contribution in [-0.4, -0.2) is 48.6 Å². The molecular formula is C17H29N3O. The van der Waals surface area contributed by atoms with Gasteiger partial charge in [0.15, 0.2) is 0 Å². The van der Waals surface area contributed by atoms with Gasteiger partial charge in [0.1, 0.15) is 5.75 Å². The van der Waals surface area contributed by atoms with Crippen LogP contribution in [0.2, 0.25) is 0 Å². The van der Waals surface area contributed by atoms with E-state index in [-0.39, 0.29) is 5.54 Å². The number of piperazine rings is 1. The Balaban J connectivity index is 1.95. The summed E-state index contributed by atoms with van der Waals surface area (Å²) in [5.74, 6) is 0.888. The lowest BCUT2D eigenvalue weighted by Crippen LogP contribution is -2.53. The van der Waals surface area contributed by atoms with Crippen LogP contribution >= 0.6 is 0 Å². The molecule has 0 aliphatic carbocycles. The number of benzene rings is 1. The summed E-state index contributed by atoms with van der Waals surface area (Å²) in [6, 6.07) is 6.35.